The number of rotatable bonds is 2. The predicted molar refractivity (Wildman–Crippen MR) is 62.0 cm³/mol. The lowest BCUT2D eigenvalue weighted by molar-refractivity contribution is 1.07. The average Bonchev–Trinajstić information content (AvgIpc) is 2.30. The van der Waals surface area contributed by atoms with Crippen molar-refractivity contribution >= 4 is 5.82 Å². The average molecular weight is 199 g/mol. The van der Waals surface area contributed by atoms with Crippen molar-refractivity contribution in [2.45, 2.75) is 6.54 Å². The van der Waals surface area contributed by atoms with Crippen LogP contribution in [0.1, 0.15) is 5.56 Å². The minimum atomic E-state index is 0.536. The van der Waals surface area contributed by atoms with E-state index in [2.05, 4.69) is 11.1 Å². The highest BCUT2D eigenvalue weighted by molar-refractivity contribution is 5.64. The topological polar surface area (TPSA) is 64.9 Å². The second-order valence-corrected chi connectivity index (χ2v) is 3.38. The molecule has 0 saturated carbocycles. The van der Waals surface area contributed by atoms with Crippen LogP contribution in [0.4, 0.5) is 5.82 Å². The molecular formula is C12H13N3. The molecule has 0 atom stereocenters. The highest BCUT2D eigenvalue weighted by Gasteiger charge is 1.98. The third kappa shape index (κ3) is 2.14. The van der Waals surface area contributed by atoms with E-state index in [9.17, 15) is 0 Å². The van der Waals surface area contributed by atoms with Crippen molar-refractivity contribution in [3.8, 4) is 11.1 Å². The number of hydrogen-bond donors (Lipinski definition) is 2. The van der Waals surface area contributed by atoms with E-state index >= 15 is 0 Å². The molecule has 0 aliphatic heterocycles. The van der Waals surface area contributed by atoms with E-state index in [4.69, 9.17) is 11.5 Å². The summed E-state index contributed by atoms with van der Waals surface area (Å²) in [6.07, 6.45) is 1.77. The Kier molecular flexibility index (Phi) is 2.65. The molecule has 0 unspecified atom stereocenters. The van der Waals surface area contributed by atoms with Gasteiger partial charge in [0.2, 0.25) is 0 Å². The Bertz CT molecular complexity index is 449. The first-order valence-corrected chi connectivity index (χ1v) is 4.80. The summed E-state index contributed by atoms with van der Waals surface area (Å²) in [5.41, 5.74) is 14.4. The lowest BCUT2D eigenvalue weighted by Gasteiger charge is -2.03. The SMILES string of the molecule is NCc1cccc(-c2ccc(N)nc2)c1. The van der Waals surface area contributed by atoms with Gasteiger partial charge in [0.15, 0.2) is 0 Å². The van der Waals surface area contributed by atoms with Crippen LogP contribution in [0.25, 0.3) is 11.1 Å². The van der Waals surface area contributed by atoms with Gasteiger partial charge < -0.3 is 11.5 Å². The molecule has 15 heavy (non-hydrogen) atoms. The van der Waals surface area contributed by atoms with Gasteiger partial charge in [0.25, 0.3) is 0 Å². The lowest BCUT2D eigenvalue weighted by Crippen LogP contribution is -1.96. The van der Waals surface area contributed by atoms with E-state index < -0.39 is 0 Å². The monoisotopic (exact) mass is 199 g/mol. The first-order valence-electron chi connectivity index (χ1n) is 4.80. The first-order chi connectivity index (χ1) is 7.29. The van der Waals surface area contributed by atoms with E-state index in [-0.39, 0.29) is 0 Å². The fraction of sp³-hybridized carbons (Fsp3) is 0.0833. The summed E-state index contributed by atoms with van der Waals surface area (Å²) in [5, 5.41) is 0. The van der Waals surface area contributed by atoms with Gasteiger partial charge in [-0.2, -0.15) is 0 Å². The summed E-state index contributed by atoms with van der Waals surface area (Å²) in [7, 11) is 0. The minimum Gasteiger partial charge on any atom is -0.384 e. The third-order valence-electron chi connectivity index (χ3n) is 2.28. The molecule has 4 N–H and O–H groups in total. The van der Waals surface area contributed by atoms with Crippen LogP contribution < -0.4 is 11.5 Å². The Balaban J connectivity index is 2.40. The highest BCUT2D eigenvalue weighted by atomic mass is 14.8. The zero-order valence-electron chi connectivity index (χ0n) is 8.35. The maximum Gasteiger partial charge on any atom is 0.123 e. The molecule has 1 aromatic carbocycles. The molecule has 0 bridgehead atoms. The summed E-state index contributed by atoms with van der Waals surface area (Å²) in [6.45, 7) is 0.552. The van der Waals surface area contributed by atoms with Crippen molar-refractivity contribution in [1.29, 1.82) is 0 Å². The number of nitrogens with zero attached hydrogens (tertiary/aromatic N) is 1. The van der Waals surface area contributed by atoms with Gasteiger partial charge in [0.05, 0.1) is 0 Å². The molecule has 1 heterocycles. The number of benzene rings is 1. The normalized spacial score (nSPS) is 10.2. The number of nitrogen functional groups attached to an aromatic ring is 1. The van der Waals surface area contributed by atoms with Gasteiger partial charge in [-0.1, -0.05) is 18.2 Å². The second-order valence-electron chi connectivity index (χ2n) is 3.38. The molecule has 2 rings (SSSR count). The number of aromatic nitrogens is 1. The summed E-state index contributed by atoms with van der Waals surface area (Å²) in [6, 6.07) is 11.9. The number of nitrogens with two attached hydrogens (primary N) is 2. The molecule has 0 fully saturated rings. The number of hydrogen-bond acceptors (Lipinski definition) is 3. The van der Waals surface area contributed by atoms with Crippen molar-refractivity contribution in [3.63, 3.8) is 0 Å². The Labute approximate surface area is 88.8 Å². The maximum atomic E-state index is 5.59. The standard InChI is InChI=1S/C12H13N3/c13-7-9-2-1-3-10(6-9)11-4-5-12(14)15-8-11/h1-6,8H,7,13H2,(H2,14,15). The molecule has 0 spiro atoms. The zero-order chi connectivity index (χ0) is 10.7. The van der Waals surface area contributed by atoms with Gasteiger partial charge in [0, 0.05) is 18.3 Å². The predicted octanol–water partition coefficient (Wildman–Crippen LogP) is 1.79. The Morgan fingerprint density at radius 1 is 1.07 bits per heavy atom. The largest absolute Gasteiger partial charge is 0.384 e. The summed E-state index contributed by atoms with van der Waals surface area (Å²) < 4.78 is 0. The van der Waals surface area contributed by atoms with Crippen LogP contribution in [0.3, 0.4) is 0 Å². The van der Waals surface area contributed by atoms with Crippen molar-refractivity contribution < 1.29 is 0 Å². The molecule has 0 amide bonds. The van der Waals surface area contributed by atoms with Gasteiger partial charge in [-0.25, -0.2) is 4.98 Å². The molecule has 3 heteroatoms. The quantitative estimate of drug-likeness (QED) is 0.775. The van der Waals surface area contributed by atoms with Gasteiger partial charge in [-0.3, -0.25) is 0 Å². The van der Waals surface area contributed by atoms with Crippen molar-refractivity contribution in [2.24, 2.45) is 5.73 Å². The number of pyridine rings is 1. The summed E-state index contributed by atoms with van der Waals surface area (Å²) >= 11 is 0. The van der Waals surface area contributed by atoms with Crippen molar-refractivity contribution in [2.75, 3.05) is 5.73 Å². The molecule has 0 radical (unpaired) electrons. The fourth-order valence-corrected chi connectivity index (χ4v) is 1.45. The van der Waals surface area contributed by atoms with Crippen LogP contribution >= 0.6 is 0 Å². The van der Waals surface area contributed by atoms with E-state index in [1.54, 1.807) is 12.3 Å². The number of anilines is 1. The van der Waals surface area contributed by atoms with E-state index in [1.807, 2.05) is 24.3 Å². The highest BCUT2D eigenvalue weighted by Crippen LogP contribution is 2.19. The van der Waals surface area contributed by atoms with Crippen LogP contribution in [0.5, 0.6) is 0 Å². The molecule has 76 valence electrons. The molecule has 1 aromatic heterocycles. The Morgan fingerprint density at radius 3 is 2.60 bits per heavy atom. The van der Waals surface area contributed by atoms with Gasteiger partial charge in [-0.05, 0) is 29.3 Å². The maximum absolute atomic E-state index is 5.59. The van der Waals surface area contributed by atoms with Gasteiger partial charge in [0.1, 0.15) is 5.82 Å². The zero-order valence-corrected chi connectivity index (χ0v) is 8.35. The van der Waals surface area contributed by atoms with Crippen LogP contribution in [-0.4, -0.2) is 4.98 Å². The van der Waals surface area contributed by atoms with E-state index in [0.29, 0.717) is 12.4 Å². The fourth-order valence-electron chi connectivity index (χ4n) is 1.45. The minimum absolute atomic E-state index is 0.536. The third-order valence-corrected chi connectivity index (χ3v) is 2.28. The van der Waals surface area contributed by atoms with Crippen LogP contribution in [0.15, 0.2) is 42.6 Å². The first kappa shape index (κ1) is 9.68. The van der Waals surface area contributed by atoms with Gasteiger partial charge >= 0.3 is 0 Å². The molecular weight excluding hydrogens is 186 g/mol. The molecule has 0 aliphatic carbocycles. The molecule has 3 nitrogen and oxygen atoms in total. The van der Waals surface area contributed by atoms with Crippen LogP contribution in [0, 0.1) is 0 Å². The van der Waals surface area contributed by atoms with E-state index in [0.717, 1.165) is 16.7 Å². The lowest BCUT2D eigenvalue weighted by atomic mass is 10.1. The summed E-state index contributed by atoms with van der Waals surface area (Å²) in [4.78, 5) is 4.06. The van der Waals surface area contributed by atoms with Crippen LogP contribution in [0.2, 0.25) is 0 Å². The Morgan fingerprint density at radius 2 is 1.93 bits per heavy atom. The van der Waals surface area contributed by atoms with Gasteiger partial charge in [-0.15, -0.1) is 0 Å². The molecule has 0 saturated heterocycles. The van der Waals surface area contributed by atoms with E-state index in [1.165, 1.54) is 0 Å². The van der Waals surface area contributed by atoms with Crippen LogP contribution in [-0.2, 0) is 6.54 Å². The second kappa shape index (κ2) is 4.11. The molecule has 2 aromatic rings. The molecule has 0 aliphatic rings. The Hall–Kier alpha value is -1.87. The smallest absolute Gasteiger partial charge is 0.123 e. The van der Waals surface area contributed by atoms with Crippen molar-refractivity contribution in [1.82, 2.24) is 4.98 Å². The van der Waals surface area contributed by atoms with Crippen molar-refractivity contribution in [3.05, 3.63) is 48.2 Å². The summed E-state index contributed by atoms with van der Waals surface area (Å²) in [5.74, 6) is 0.536.